The van der Waals surface area contributed by atoms with E-state index in [1.54, 1.807) is 0 Å². The van der Waals surface area contributed by atoms with Crippen molar-refractivity contribution in [2.75, 3.05) is 26.0 Å². The monoisotopic (exact) mass is 297 g/mol. The van der Waals surface area contributed by atoms with Crippen molar-refractivity contribution < 1.29 is 17.9 Å². The van der Waals surface area contributed by atoms with Crippen LogP contribution in [0.2, 0.25) is 0 Å². The summed E-state index contributed by atoms with van der Waals surface area (Å²) in [5.41, 5.74) is 1.34. The molecule has 20 heavy (non-hydrogen) atoms. The average molecular weight is 297 g/mol. The lowest BCUT2D eigenvalue weighted by molar-refractivity contribution is 0.0926. The molecular formula is C14H19NO4S. The zero-order chi connectivity index (χ0) is 15.2. The van der Waals surface area contributed by atoms with Crippen molar-refractivity contribution in [1.29, 1.82) is 0 Å². The van der Waals surface area contributed by atoms with Crippen molar-refractivity contribution in [2.24, 2.45) is 0 Å². The number of amides is 1. The van der Waals surface area contributed by atoms with Gasteiger partial charge >= 0.3 is 0 Å². The van der Waals surface area contributed by atoms with Crippen LogP contribution in [-0.4, -0.2) is 40.3 Å². The summed E-state index contributed by atoms with van der Waals surface area (Å²) in [5.74, 6) is -0.260. The Balaban J connectivity index is 2.46. The second kappa shape index (κ2) is 7.21. The van der Waals surface area contributed by atoms with Crippen LogP contribution in [0.3, 0.4) is 0 Å². The fourth-order valence-corrected chi connectivity index (χ4v) is 2.07. The van der Waals surface area contributed by atoms with Gasteiger partial charge in [-0.3, -0.25) is 4.79 Å². The van der Waals surface area contributed by atoms with Gasteiger partial charge in [0.25, 0.3) is 5.91 Å². The second-order valence-electron chi connectivity index (χ2n) is 4.56. The zero-order valence-electron chi connectivity index (χ0n) is 11.7. The van der Waals surface area contributed by atoms with Crippen LogP contribution in [0, 0.1) is 0 Å². The largest absolute Gasteiger partial charge is 0.375 e. The first-order valence-electron chi connectivity index (χ1n) is 6.11. The van der Waals surface area contributed by atoms with Crippen LogP contribution in [0.4, 0.5) is 0 Å². The highest BCUT2D eigenvalue weighted by atomic mass is 32.2. The summed E-state index contributed by atoms with van der Waals surface area (Å²) < 4.78 is 27.8. The van der Waals surface area contributed by atoms with E-state index in [9.17, 15) is 13.2 Å². The molecule has 0 unspecified atom stereocenters. The van der Waals surface area contributed by atoms with Gasteiger partial charge in [0.05, 0.1) is 18.1 Å². The van der Waals surface area contributed by atoms with Gasteiger partial charge < -0.3 is 10.1 Å². The molecule has 0 saturated heterocycles. The van der Waals surface area contributed by atoms with E-state index in [0.29, 0.717) is 25.3 Å². The summed E-state index contributed by atoms with van der Waals surface area (Å²) in [5, 5.41) is 2.69. The van der Waals surface area contributed by atoms with Gasteiger partial charge in [0.1, 0.15) is 0 Å². The first-order valence-corrected chi connectivity index (χ1v) is 8.00. The Morgan fingerprint density at radius 3 is 2.40 bits per heavy atom. The lowest BCUT2D eigenvalue weighted by atomic mass is 10.2. The Bertz CT molecular complexity index is 576. The quantitative estimate of drug-likeness (QED) is 0.610. The van der Waals surface area contributed by atoms with Crippen molar-refractivity contribution in [3.8, 4) is 0 Å². The summed E-state index contributed by atoms with van der Waals surface area (Å²) >= 11 is 0. The lowest BCUT2D eigenvalue weighted by Crippen LogP contribution is -2.27. The predicted molar refractivity (Wildman–Crippen MR) is 77.5 cm³/mol. The third kappa shape index (κ3) is 5.54. The first kappa shape index (κ1) is 16.4. The van der Waals surface area contributed by atoms with Gasteiger partial charge in [0.2, 0.25) is 0 Å². The van der Waals surface area contributed by atoms with Crippen LogP contribution >= 0.6 is 0 Å². The first-order chi connectivity index (χ1) is 9.30. The molecule has 0 aliphatic rings. The van der Waals surface area contributed by atoms with Gasteiger partial charge in [-0.1, -0.05) is 12.2 Å². The summed E-state index contributed by atoms with van der Waals surface area (Å²) in [4.78, 5) is 12.0. The molecule has 0 spiro atoms. The van der Waals surface area contributed by atoms with E-state index < -0.39 is 9.84 Å². The molecule has 5 nitrogen and oxygen atoms in total. The van der Waals surface area contributed by atoms with Crippen LogP contribution < -0.4 is 5.32 Å². The van der Waals surface area contributed by atoms with E-state index in [1.165, 1.54) is 24.3 Å². The van der Waals surface area contributed by atoms with Gasteiger partial charge in [0, 0.05) is 18.4 Å². The molecule has 0 aliphatic heterocycles. The van der Waals surface area contributed by atoms with Crippen molar-refractivity contribution in [2.45, 2.75) is 11.8 Å². The average Bonchev–Trinajstić information content (AvgIpc) is 2.37. The molecule has 1 N–H and O–H groups in total. The smallest absolute Gasteiger partial charge is 0.251 e. The number of carbonyl (C=O) groups is 1. The van der Waals surface area contributed by atoms with Crippen molar-refractivity contribution in [3.05, 3.63) is 42.0 Å². The summed E-state index contributed by atoms with van der Waals surface area (Å²) in [7, 11) is -3.24. The fourth-order valence-electron chi connectivity index (χ4n) is 1.44. The topological polar surface area (TPSA) is 72.5 Å². The van der Waals surface area contributed by atoms with E-state index in [4.69, 9.17) is 4.74 Å². The standard InChI is InChI=1S/C14H19NO4S/c1-11(2)10-19-9-8-15-14(16)12-4-6-13(7-5-12)20(3,17)18/h4-7H,1,8-10H2,2-3H3,(H,15,16). The Morgan fingerprint density at radius 2 is 1.90 bits per heavy atom. The van der Waals surface area contributed by atoms with Crippen LogP contribution in [0.15, 0.2) is 41.3 Å². The molecule has 6 heteroatoms. The molecule has 110 valence electrons. The number of benzene rings is 1. The SMILES string of the molecule is C=C(C)COCCNC(=O)c1ccc(S(C)(=O)=O)cc1. The second-order valence-corrected chi connectivity index (χ2v) is 6.58. The Labute approximate surface area is 119 Å². The van der Waals surface area contributed by atoms with Crippen LogP contribution in [0.25, 0.3) is 0 Å². The molecule has 0 fully saturated rings. The molecule has 1 rings (SSSR count). The maximum Gasteiger partial charge on any atom is 0.251 e. The number of hydrogen-bond acceptors (Lipinski definition) is 4. The highest BCUT2D eigenvalue weighted by Crippen LogP contribution is 2.10. The number of hydrogen-bond donors (Lipinski definition) is 1. The van der Waals surface area contributed by atoms with Gasteiger partial charge in [-0.05, 0) is 31.2 Å². The fraction of sp³-hybridized carbons (Fsp3) is 0.357. The Morgan fingerprint density at radius 1 is 1.30 bits per heavy atom. The highest BCUT2D eigenvalue weighted by molar-refractivity contribution is 7.90. The minimum absolute atomic E-state index is 0.193. The number of rotatable bonds is 7. The van der Waals surface area contributed by atoms with Crippen LogP contribution in [0.1, 0.15) is 17.3 Å². The van der Waals surface area contributed by atoms with E-state index in [0.717, 1.165) is 11.8 Å². The minimum atomic E-state index is -3.24. The van der Waals surface area contributed by atoms with E-state index in [-0.39, 0.29) is 10.8 Å². The predicted octanol–water partition coefficient (Wildman–Crippen LogP) is 1.41. The molecule has 0 heterocycles. The summed E-state index contributed by atoms with van der Waals surface area (Å²) in [6.45, 7) is 6.83. The van der Waals surface area contributed by atoms with Gasteiger partial charge in [-0.2, -0.15) is 0 Å². The van der Waals surface area contributed by atoms with Gasteiger partial charge in [0.15, 0.2) is 9.84 Å². The third-order valence-electron chi connectivity index (χ3n) is 2.43. The molecule has 0 saturated carbocycles. The maximum absolute atomic E-state index is 11.8. The van der Waals surface area contributed by atoms with Gasteiger partial charge in [-0.25, -0.2) is 8.42 Å². The van der Waals surface area contributed by atoms with Crippen LogP contribution in [-0.2, 0) is 14.6 Å². The van der Waals surface area contributed by atoms with E-state index in [1.807, 2.05) is 6.92 Å². The van der Waals surface area contributed by atoms with Crippen molar-refractivity contribution >= 4 is 15.7 Å². The molecule has 1 aromatic carbocycles. The molecule has 1 aromatic rings. The van der Waals surface area contributed by atoms with E-state index in [2.05, 4.69) is 11.9 Å². The molecule has 1 amide bonds. The normalized spacial score (nSPS) is 11.1. The number of ether oxygens (including phenoxy) is 1. The zero-order valence-corrected chi connectivity index (χ0v) is 12.5. The molecule has 0 aromatic heterocycles. The molecule has 0 aliphatic carbocycles. The Kier molecular flexibility index (Phi) is 5.91. The van der Waals surface area contributed by atoms with Crippen molar-refractivity contribution in [1.82, 2.24) is 5.32 Å². The summed E-state index contributed by atoms with van der Waals surface area (Å²) in [6, 6.07) is 5.81. The van der Waals surface area contributed by atoms with Gasteiger partial charge in [-0.15, -0.1) is 0 Å². The molecular weight excluding hydrogens is 278 g/mol. The maximum atomic E-state index is 11.8. The molecule has 0 atom stereocenters. The minimum Gasteiger partial charge on any atom is -0.375 e. The van der Waals surface area contributed by atoms with E-state index >= 15 is 0 Å². The highest BCUT2D eigenvalue weighted by Gasteiger charge is 2.09. The lowest BCUT2D eigenvalue weighted by Gasteiger charge is -2.07. The molecule has 0 radical (unpaired) electrons. The molecule has 0 bridgehead atoms. The third-order valence-corrected chi connectivity index (χ3v) is 3.55. The summed E-state index contributed by atoms with van der Waals surface area (Å²) in [6.07, 6.45) is 1.13. The number of sulfone groups is 1. The van der Waals surface area contributed by atoms with Crippen LogP contribution in [0.5, 0.6) is 0 Å². The number of nitrogens with one attached hydrogen (secondary N) is 1. The van der Waals surface area contributed by atoms with Crippen molar-refractivity contribution in [3.63, 3.8) is 0 Å². The number of carbonyl (C=O) groups excluding carboxylic acids is 1. The Hall–Kier alpha value is -1.66.